The van der Waals surface area contributed by atoms with Gasteiger partial charge in [0.1, 0.15) is 6.04 Å². The van der Waals surface area contributed by atoms with Crippen LogP contribution in [0.3, 0.4) is 0 Å². The van der Waals surface area contributed by atoms with Gasteiger partial charge in [-0.15, -0.1) is 0 Å². The van der Waals surface area contributed by atoms with Crippen molar-refractivity contribution in [2.75, 3.05) is 11.4 Å². The highest BCUT2D eigenvalue weighted by atomic mass is 16.4. The van der Waals surface area contributed by atoms with Crippen molar-refractivity contribution in [1.82, 2.24) is 5.32 Å². The van der Waals surface area contributed by atoms with Crippen molar-refractivity contribution in [3.63, 3.8) is 0 Å². The molecule has 2 aromatic carbocycles. The number of carbonyl (C=O) groups is 2. The minimum Gasteiger partial charge on any atom is -0.480 e. The van der Waals surface area contributed by atoms with E-state index in [1.165, 1.54) is 0 Å². The van der Waals surface area contributed by atoms with Gasteiger partial charge in [-0.3, -0.25) is 14.5 Å². The summed E-state index contributed by atoms with van der Waals surface area (Å²) in [5.41, 5.74) is 3.61. The van der Waals surface area contributed by atoms with E-state index in [0.717, 1.165) is 22.5 Å². The molecule has 1 aliphatic rings. The van der Waals surface area contributed by atoms with Crippen molar-refractivity contribution in [1.29, 1.82) is 0 Å². The van der Waals surface area contributed by atoms with Crippen LogP contribution in [-0.4, -0.2) is 29.6 Å². The molecule has 0 aliphatic carbocycles. The molecule has 128 valence electrons. The van der Waals surface area contributed by atoms with Crippen LogP contribution in [0.5, 0.6) is 0 Å². The molecule has 0 fully saturated rings. The highest BCUT2D eigenvalue weighted by Crippen LogP contribution is 2.36. The molecule has 1 aliphatic heterocycles. The number of carbonyl (C=O) groups excluding carboxylic acids is 1. The Morgan fingerprint density at radius 3 is 2.04 bits per heavy atom. The molecule has 0 unspecified atom stereocenters. The summed E-state index contributed by atoms with van der Waals surface area (Å²) < 4.78 is 0. The van der Waals surface area contributed by atoms with Crippen LogP contribution in [0.25, 0.3) is 12.2 Å². The average molecular weight is 336 g/mol. The van der Waals surface area contributed by atoms with E-state index in [1.807, 2.05) is 60.7 Å². The van der Waals surface area contributed by atoms with Crippen LogP contribution in [0.2, 0.25) is 0 Å². The van der Waals surface area contributed by atoms with E-state index in [2.05, 4.69) is 5.32 Å². The SMILES string of the molecule is C[C@H](NCCC(=O)N1c2ccccc2C=Cc2ccccc21)C(=O)O. The van der Waals surface area contributed by atoms with Gasteiger partial charge < -0.3 is 10.4 Å². The number of para-hydroxylation sites is 2. The predicted octanol–water partition coefficient (Wildman–Crippen LogP) is 3.29. The van der Waals surface area contributed by atoms with Crippen LogP contribution in [0.15, 0.2) is 48.5 Å². The third-order valence-electron chi connectivity index (χ3n) is 4.21. The van der Waals surface area contributed by atoms with Gasteiger partial charge in [-0.2, -0.15) is 0 Å². The molecule has 0 saturated heterocycles. The molecule has 2 aromatic rings. The van der Waals surface area contributed by atoms with Crippen molar-refractivity contribution in [3.05, 3.63) is 59.7 Å². The summed E-state index contributed by atoms with van der Waals surface area (Å²) in [6.45, 7) is 1.87. The van der Waals surface area contributed by atoms with Gasteiger partial charge in [-0.1, -0.05) is 48.6 Å². The summed E-state index contributed by atoms with van der Waals surface area (Å²) in [5.74, 6) is -1.00. The van der Waals surface area contributed by atoms with E-state index in [0.29, 0.717) is 6.54 Å². The van der Waals surface area contributed by atoms with E-state index in [1.54, 1.807) is 11.8 Å². The van der Waals surface area contributed by atoms with Crippen LogP contribution in [0, 0.1) is 0 Å². The summed E-state index contributed by atoms with van der Waals surface area (Å²) in [6.07, 6.45) is 4.22. The molecule has 0 radical (unpaired) electrons. The first-order chi connectivity index (χ1) is 12.1. The second-order valence-corrected chi connectivity index (χ2v) is 5.94. The van der Waals surface area contributed by atoms with Gasteiger partial charge in [0.25, 0.3) is 0 Å². The predicted molar refractivity (Wildman–Crippen MR) is 98.7 cm³/mol. The normalized spacial score (nSPS) is 13.6. The Hall–Kier alpha value is -2.92. The lowest BCUT2D eigenvalue weighted by molar-refractivity contribution is -0.139. The van der Waals surface area contributed by atoms with E-state index < -0.39 is 12.0 Å². The van der Waals surface area contributed by atoms with Crippen LogP contribution in [-0.2, 0) is 9.59 Å². The molecule has 0 spiro atoms. The van der Waals surface area contributed by atoms with Gasteiger partial charge in [0.2, 0.25) is 5.91 Å². The first-order valence-corrected chi connectivity index (χ1v) is 8.23. The van der Waals surface area contributed by atoms with Crippen molar-refractivity contribution in [2.24, 2.45) is 0 Å². The molecule has 2 N–H and O–H groups in total. The summed E-state index contributed by atoms with van der Waals surface area (Å²) >= 11 is 0. The molecule has 3 rings (SSSR count). The lowest BCUT2D eigenvalue weighted by Gasteiger charge is -2.25. The highest BCUT2D eigenvalue weighted by molar-refractivity contribution is 6.06. The number of amides is 1. The molecule has 5 heteroatoms. The third kappa shape index (κ3) is 3.61. The summed E-state index contributed by atoms with van der Waals surface area (Å²) in [6, 6.07) is 14.8. The van der Waals surface area contributed by atoms with Crippen LogP contribution >= 0.6 is 0 Å². The van der Waals surface area contributed by atoms with Gasteiger partial charge >= 0.3 is 5.97 Å². The minimum absolute atomic E-state index is 0.0753. The number of anilines is 2. The summed E-state index contributed by atoms with van der Waals surface area (Å²) in [7, 11) is 0. The van der Waals surface area contributed by atoms with Gasteiger partial charge in [0.05, 0.1) is 11.4 Å². The van der Waals surface area contributed by atoms with Gasteiger partial charge in [0.15, 0.2) is 0 Å². The molecule has 5 nitrogen and oxygen atoms in total. The minimum atomic E-state index is -0.929. The second-order valence-electron chi connectivity index (χ2n) is 5.94. The average Bonchev–Trinajstić information content (AvgIpc) is 2.78. The number of benzene rings is 2. The van der Waals surface area contributed by atoms with Crippen LogP contribution in [0.1, 0.15) is 24.5 Å². The highest BCUT2D eigenvalue weighted by Gasteiger charge is 2.23. The van der Waals surface area contributed by atoms with Gasteiger partial charge in [-0.25, -0.2) is 0 Å². The number of carboxylic acids is 1. The maximum absolute atomic E-state index is 12.9. The Balaban J connectivity index is 1.88. The Morgan fingerprint density at radius 2 is 1.52 bits per heavy atom. The number of nitrogens with one attached hydrogen (secondary N) is 1. The Labute approximate surface area is 146 Å². The quantitative estimate of drug-likeness (QED) is 0.879. The molecule has 0 aromatic heterocycles. The summed E-state index contributed by atoms with van der Waals surface area (Å²) in [5, 5.41) is 11.8. The van der Waals surface area contributed by atoms with Gasteiger partial charge in [0, 0.05) is 13.0 Å². The van der Waals surface area contributed by atoms with Crippen molar-refractivity contribution in [3.8, 4) is 0 Å². The van der Waals surface area contributed by atoms with Crippen molar-refractivity contribution in [2.45, 2.75) is 19.4 Å². The number of fused-ring (bicyclic) bond motifs is 2. The number of nitrogens with zero attached hydrogens (tertiary/aromatic N) is 1. The van der Waals surface area contributed by atoms with Crippen molar-refractivity contribution >= 4 is 35.4 Å². The zero-order valence-electron chi connectivity index (χ0n) is 14.0. The standard InChI is InChI=1S/C20H20N2O3/c1-14(20(24)25)21-13-12-19(23)22-17-8-4-2-6-15(17)10-11-16-7-3-5-9-18(16)22/h2-11,14,21H,12-13H2,1H3,(H,24,25)/t14-/m0/s1. The Morgan fingerprint density at radius 1 is 1.00 bits per heavy atom. The topological polar surface area (TPSA) is 69.6 Å². The summed E-state index contributed by atoms with van der Waals surface area (Å²) in [4.78, 5) is 25.5. The first-order valence-electron chi connectivity index (χ1n) is 8.23. The van der Waals surface area contributed by atoms with E-state index >= 15 is 0 Å². The number of aliphatic carboxylic acids is 1. The molecule has 1 atom stereocenters. The second kappa shape index (κ2) is 7.32. The monoisotopic (exact) mass is 336 g/mol. The first kappa shape index (κ1) is 16.9. The fourth-order valence-corrected chi connectivity index (χ4v) is 2.84. The number of hydrogen-bond acceptors (Lipinski definition) is 3. The zero-order valence-corrected chi connectivity index (χ0v) is 14.0. The molecule has 1 heterocycles. The molecule has 0 bridgehead atoms. The molecular weight excluding hydrogens is 316 g/mol. The largest absolute Gasteiger partial charge is 0.480 e. The molecule has 25 heavy (non-hydrogen) atoms. The van der Waals surface area contributed by atoms with E-state index in [4.69, 9.17) is 5.11 Å². The lowest BCUT2D eigenvalue weighted by atomic mass is 10.1. The van der Waals surface area contributed by atoms with Crippen molar-refractivity contribution < 1.29 is 14.7 Å². The number of rotatable bonds is 5. The smallest absolute Gasteiger partial charge is 0.320 e. The van der Waals surface area contributed by atoms with E-state index in [-0.39, 0.29) is 12.3 Å². The molecule has 1 amide bonds. The lowest BCUT2D eigenvalue weighted by Crippen LogP contribution is -2.37. The fourth-order valence-electron chi connectivity index (χ4n) is 2.84. The molecule has 0 saturated carbocycles. The Bertz CT molecular complexity index is 780. The number of hydrogen-bond donors (Lipinski definition) is 2. The maximum atomic E-state index is 12.9. The third-order valence-corrected chi connectivity index (χ3v) is 4.21. The molecular formula is C20H20N2O3. The zero-order chi connectivity index (χ0) is 17.8. The van der Waals surface area contributed by atoms with Crippen LogP contribution in [0.4, 0.5) is 11.4 Å². The van der Waals surface area contributed by atoms with Crippen LogP contribution < -0.4 is 10.2 Å². The Kier molecular flexibility index (Phi) is 4.95. The van der Waals surface area contributed by atoms with E-state index in [9.17, 15) is 9.59 Å². The maximum Gasteiger partial charge on any atom is 0.320 e. The fraction of sp³-hybridized carbons (Fsp3) is 0.200. The number of carboxylic acid groups (broad SMARTS) is 1. The van der Waals surface area contributed by atoms with Gasteiger partial charge in [-0.05, 0) is 30.2 Å².